The minimum Gasteiger partial charge on any atom is -0.372 e. The number of carbonyl (C=O) groups excluding carboxylic acids is 4. The molecular formula is C44H53F4N9O4. The summed E-state index contributed by atoms with van der Waals surface area (Å²) >= 11 is 0. The number of anilines is 5. The topological polar surface area (TPSA) is 138 Å². The molecule has 5 aliphatic rings. The van der Waals surface area contributed by atoms with E-state index in [-0.39, 0.29) is 49.1 Å². The molecule has 5 heterocycles. The van der Waals surface area contributed by atoms with Crippen LogP contribution < -0.4 is 31.1 Å². The predicted molar refractivity (Wildman–Crippen MR) is 225 cm³/mol. The van der Waals surface area contributed by atoms with Crippen molar-refractivity contribution in [2.45, 2.75) is 63.8 Å². The Morgan fingerprint density at radius 2 is 1.59 bits per heavy atom. The number of hydrogen-bond donors (Lipinski definition) is 3. The molecule has 1 atom stereocenters. The standard InChI is InChI=1S/C44H53F4N9O4/c1-26-22-30(6-8-34(26)57-19-13-35(58)51-43(57)60)54-17-9-27(10-18-54)24-53-15-11-28(12-16-53)32-7-5-29(23-33(32)45)50-40-36(42(49)59)37(46)38(47)41(39(40)48)55-14-3-4-31(25-55)56-21-20-52(2)44(56)61/h5-8,22-23,27-28,31,50H,3-4,9-21,24-25H2,1-2H3,(H2,49,59)(H,51,58,60). The second kappa shape index (κ2) is 17.4. The Balaban J connectivity index is 0.870. The van der Waals surface area contributed by atoms with Crippen LogP contribution in [0.2, 0.25) is 0 Å². The molecule has 5 saturated heterocycles. The number of amides is 6. The SMILES string of the molecule is Cc1cc(N2CCC(CN3CCC(c4ccc(Nc5c(F)c(N6CCCC(N7CCN(C)C7=O)C6)c(F)c(F)c5C(N)=O)cc4F)CC3)CC2)ccc1N1CCC(=O)NC1=O. The van der Waals surface area contributed by atoms with Gasteiger partial charge in [-0.1, -0.05) is 6.07 Å². The number of carbonyl (C=O) groups is 4. The molecule has 5 aliphatic heterocycles. The molecule has 0 saturated carbocycles. The number of hydrogen-bond acceptors (Lipinski definition) is 8. The number of rotatable bonds is 10. The van der Waals surface area contributed by atoms with Crippen LogP contribution in [0.25, 0.3) is 0 Å². The minimum atomic E-state index is -1.60. The van der Waals surface area contributed by atoms with E-state index in [4.69, 9.17) is 5.73 Å². The smallest absolute Gasteiger partial charge is 0.328 e. The number of nitrogens with two attached hydrogens (primary N) is 1. The van der Waals surface area contributed by atoms with E-state index in [9.17, 15) is 19.2 Å². The first-order valence-electron chi connectivity index (χ1n) is 21.3. The summed E-state index contributed by atoms with van der Waals surface area (Å²) in [5.74, 6) is -6.07. The van der Waals surface area contributed by atoms with Gasteiger partial charge in [0, 0.05) is 82.9 Å². The first kappa shape index (κ1) is 42.1. The van der Waals surface area contributed by atoms with E-state index in [1.165, 1.54) is 17.0 Å². The third kappa shape index (κ3) is 8.53. The lowest BCUT2D eigenvalue weighted by atomic mass is 9.87. The average Bonchev–Trinajstić information content (AvgIpc) is 3.58. The Hall–Kier alpha value is -5.58. The molecule has 326 valence electrons. The number of imide groups is 1. The van der Waals surface area contributed by atoms with Gasteiger partial charge in [-0.05, 0) is 112 Å². The average molecular weight is 848 g/mol. The van der Waals surface area contributed by atoms with Crippen LogP contribution >= 0.6 is 0 Å². The fourth-order valence-corrected chi connectivity index (χ4v) is 9.87. The molecule has 5 fully saturated rings. The van der Waals surface area contributed by atoms with Crippen molar-refractivity contribution >= 4 is 52.3 Å². The summed E-state index contributed by atoms with van der Waals surface area (Å²) in [6.07, 6.45) is 4.96. The van der Waals surface area contributed by atoms with Crippen molar-refractivity contribution < 1.29 is 36.7 Å². The minimum absolute atomic E-state index is 0.0445. The highest BCUT2D eigenvalue weighted by atomic mass is 19.2. The molecule has 13 nitrogen and oxygen atoms in total. The number of halogens is 4. The Morgan fingerprint density at radius 1 is 0.836 bits per heavy atom. The molecule has 3 aromatic rings. The molecule has 0 spiro atoms. The molecule has 61 heavy (non-hydrogen) atoms. The van der Waals surface area contributed by atoms with Gasteiger partial charge in [0.1, 0.15) is 17.1 Å². The summed E-state index contributed by atoms with van der Waals surface area (Å²) < 4.78 is 63.4. The molecule has 0 aliphatic carbocycles. The monoisotopic (exact) mass is 847 g/mol. The van der Waals surface area contributed by atoms with Crippen LogP contribution in [0.4, 0.5) is 55.6 Å². The largest absolute Gasteiger partial charge is 0.372 e. The van der Waals surface area contributed by atoms with E-state index in [2.05, 4.69) is 26.5 Å². The van der Waals surface area contributed by atoms with Crippen LogP contribution in [0.3, 0.4) is 0 Å². The van der Waals surface area contributed by atoms with Gasteiger partial charge in [0.05, 0.1) is 11.7 Å². The maximum absolute atomic E-state index is 16.4. The first-order chi connectivity index (χ1) is 29.3. The molecular weight excluding hydrogens is 795 g/mol. The number of urea groups is 2. The lowest BCUT2D eigenvalue weighted by Gasteiger charge is -2.39. The maximum Gasteiger partial charge on any atom is 0.328 e. The summed E-state index contributed by atoms with van der Waals surface area (Å²) in [5.41, 5.74) is 6.55. The van der Waals surface area contributed by atoms with Crippen molar-refractivity contribution in [2.75, 3.05) is 92.5 Å². The molecule has 8 rings (SSSR count). The number of piperidine rings is 3. The number of likely N-dealkylation sites (tertiary alicyclic amines) is 1. The zero-order valence-corrected chi connectivity index (χ0v) is 34.6. The van der Waals surface area contributed by atoms with Gasteiger partial charge in [-0.3, -0.25) is 19.8 Å². The Bertz CT molecular complexity index is 2210. The van der Waals surface area contributed by atoms with E-state index < -0.39 is 52.1 Å². The third-order valence-corrected chi connectivity index (χ3v) is 13.3. The highest BCUT2D eigenvalue weighted by Crippen LogP contribution is 2.40. The van der Waals surface area contributed by atoms with E-state index in [0.717, 1.165) is 75.3 Å². The van der Waals surface area contributed by atoms with Gasteiger partial charge in [0.25, 0.3) is 5.91 Å². The maximum atomic E-state index is 16.4. The summed E-state index contributed by atoms with van der Waals surface area (Å²) in [7, 11) is 1.68. The fraction of sp³-hybridized carbons (Fsp3) is 0.500. The van der Waals surface area contributed by atoms with Gasteiger partial charge in [-0.25, -0.2) is 27.2 Å². The number of primary amides is 1. The lowest BCUT2D eigenvalue weighted by Crippen LogP contribution is -2.49. The quantitative estimate of drug-likeness (QED) is 0.161. The van der Waals surface area contributed by atoms with Gasteiger partial charge < -0.3 is 35.6 Å². The van der Waals surface area contributed by atoms with Gasteiger partial charge in [-0.2, -0.15) is 0 Å². The molecule has 0 aromatic heterocycles. The Kier molecular flexibility index (Phi) is 12.0. The molecule has 0 radical (unpaired) electrons. The number of aryl methyl sites for hydroxylation is 1. The molecule has 1 unspecified atom stereocenters. The second-order valence-electron chi connectivity index (χ2n) is 17.1. The number of nitrogens with zero attached hydrogens (tertiary/aromatic N) is 6. The summed E-state index contributed by atoms with van der Waals surface area (Å²) in [6, 6.07) is 9.51. The van der Waals surface area contributed by atoms with Gasteiger partial charge in [-0.15, -0.1) is 0 Å². The van der Waals surface area contributed by atoms with Crippen molar-refractivity contribution in [1.29, 1.82) is 0 Å². The van der Waals surface area contributed by atoms with Crippen LogP contribution in [0.1, 0.15) is 72.3 Å². The molecule has 4 N–H and O–H groups in total. The zero-order valence-electron chi connectivity index (χ0n) is 34.6. The zero-order chi connectivity index (χ0) is 43.1. The number of benzene rings is 3. The van der Waals surface area contributed by atoms with Crippen LogP contribution in [-0.4, -0.2) is 117 Å². The summed E-state index contributed by atoms with van der Waals surface area (Å²) in [4.78, 5) is 60.0. The summed E-state index contributed by atoms with van der Waals surface area (Å²) in [5, 5.41) is 5.03. The second-order valence-corrected chi connectivity index (χ2v) is 17.1. The summed E-state index contributed by atoms with van der Waals surface area (Å²) in [6.45, 7) is 8.01. The van der Waals surface area contributed by atoms with Crippen molar-refractivity contribution in [3.8, 4) is 0 Å². The van der Waals surface area contributed by atoms with Crippen molar-refractivity contribution in [3.63, 3.8) is 0 Å². The van der Waals surface area contributed by atoms with Crippen molar-refractivity contribution in [1.82, 2.24) is 20.0 Å². The van der Waals surface area contributed by atoms with Gasteiger partial charge >= 0.3 is 12.1 Å². The van der Waals surface area contributed by atoms with Crippen LogP contribution in [0, 0.1) is 36.1 Å². The molecule has 17 heteroatoms. The normalized spacial score (nSPS) is 21.1. The molecule has 3 aromatic carbocycles. The fourth-order valence-electron chi connectivity index (χ4n) is 9.87. The van der Waals surface area contributed by atoms with E-state index in [0.29, 0.717) is 44.0 Å². The van der Waals surface area contributed by atoms with Crippen LogP contribution in [0.15, 0.2) is 36.4 Å². The number of likely N-dealkylation sites (N-methyl/N-ethyl adjacent to an activating group) is 1. The predicted octanol–water partition coefficient (Wildman–Crippen LogP) is 6.27. The Morgan fingerprint density at radius 3 is 2.25 bits per heavy atom. The van der Waals surface area contributed by atoms with Crippen molar-refractivity contribution in [3.05, 3.63) is 76.4 Å². The molecule has 6 amide bonds. The number of nitrogens with one attached hydrogen (secondary N) is 2. The van der Waals surface area contributed by atoms with Gasteiger partial charge in [0.15, 0.2) is 17.5 Å². The third-order valence-electron chi connectivity index (χ3n) is 13.3. The van der Waals surface area contributed by atoms with Gasteiger partial charge in [0.2, 0.25) is 5.91 Å². The highest BCUT2D eigenvalue weighted by Gasteiger charge is 2.38. The van der Waals surface area contributed by atoms with Crippen LogP contribution in [-0.2, 0) is 4.79 Å². The highest BCUT2D eigenvalue weighted by molar-refractivity contribution is 6.06. The van der Waals surface area contributed by atoms with E-state index in [1.54, 1.807) is 27.8 Å². The molecule has 0 bridgehead atoms. The van der Waals surface area contributed by atoms with E-state index in [1.807, 2.05) is 19.1 Å². The van der Waals surface area contributed by atoms with Crippen LogP contribution in [0.5, 0.6) is 0 Å². The lowest BCUT2D eigenvalue weighted by molar-refractivity contribution is -0.120. The Labute approximate surface area is 352 Å². The first-order valence-corrected chi connectivity index (χ1v) is 21.3. The van der Waals surface area contributed by atoms with E-state index >= 15 is 17.6 Å². The van der Waals surface area contributed by atoms with Crippen molar-refractivity contribution in [2.24, 2.45) is 11.7 Å².